The largest absolute Gasteiger partial charge is 0.313 e. The van der Waals surface area contributed by atoms with E-state index in [0.717, 1.165) is 23.3 Å². The molecule has 2 rings (SSSR count). The predicted octanol–water partition coefficient (Wildman–Crippen LogP) is 5.24. The number of thioether (sulfide) groups is 1. The molecular weight excluding hydrogens is 330 g/mol. The highest BCUT2D eigenvalue weighted by molar-refractivity contribution is 9.10. The van der Waals surface area contributed by atoms with Gasteiger partial charge in [0, 0.05) is 21.7 Å². The van der Waals surface area contributed by atoms with Gasteiger partial charge in [0.2, 0.25) is 0 Å². The van der Waals surface area contributed by atoms with Crippen LogP contribution in [0.1, 0.15) is 24.5 Å². The molecule has 2 aromatic carbocycles. The first-order valence-electron chi connectivity index (χ1n) is 6.95. The average Bonchev–Trinajstić information content (AvgIpc) is 2.48. The van der Waals surface area contributed by atoms with Crippen molar-refractivity contribution >= 4 is 27.7 Å². The van der Waals surface area contributed by atoms with Crippen molar-refractivity contribution < 1.29 is 0 Å². The molecule has 3 heteroatoms. The maximum absolute atomic E-state index is 3.46. The van der Waals surface area contributed by atoms with Crippen molar-refractivity contribution in [2.75, 3.05) is 6.54 Å². The molecule has 2 aromatic rings. The minimum Gasteiger partial charge on any atom is -0.313 e. The highest BCUT2D eigenvalue weighted by Crippen LogP contribution is 2.23. The third-order valence-electron chi connectivity index (χ3n) is 3.00. The Labute approximate surface area is 134 Å². The Kier molecular flexibility index (Phi) is 6.64. The van der Waals surface area contributed by atoms with E-state index in [1.165, 1.54) is 22.4 Å². The van der Waals surface area contributed by atoms with Gasteiger partial charge in [-0.05, 0) is 48.4 Å². The maximum atomic E-state index is 3.46. The first kappa shape index (κ1) is 15.6. The first-order chi connectivity index (χ1) is 9.78. The quantitative estimate of drug-likeness (QED) is 0.541. The SMILES string of the molecule is CCCNCc1ccc(SCc2ccc(Br)cc2)cc1. The molecule has 0 aromatic heterocycles. The molecule has 0 spiro atoms. The molecule has 0 saturated heterocycles. The summed E-state index contributed by atoms with van der Waals surface area (Å²) >= 11 is 5.34. The van der Waals surface area contributed by atoms with Crippen molar-refractivity contribution in [2.24, 2.45) is 0 Å². The molecule has 1 N–H and O–H groups in total. The summed E-state index contributed by atoms with van der Waals surface area (Å²) in [4.78, 5) is 1.33. The van der Waals surface area contributed by atoms with Crippen LogP contribution >= 0.6 is 27.7 Å². The number of hydrogen-bond acceptors (Lipinski definition) is 2. The predicted molar refractivity (Wildman–Crippen MR) is 92.1 cm³/mol. The standard InChI is InChI=1S/C17H20BrNS/c1-2-11-19-12-14-5-9-17(10-6-14)20-13-15-3-7-16(18)8-4-15/h3-10,19H,2,11-13H2,1H3. The molecule has 0 atom stereocenters. The summed E-state index contributed by atoms with van der Waals surface area (Å²) in [7, 11) is 0. The van der Waals surface area contributed by atoms with Crippen LogP contribution in [0.2, 0.25) is 0 Å². The van der Waals surface area contributed by atoms with Crippen LogP contribution in [0, 0.1) is 0 Å². The van der Waals surface area contributed by atoms with Gasteiger partial charge in [-0.25, -0.2) is 0 Å². The number of benzene rings is 2. The summed E-state index contributed by atoms with van der Waals surface area (Å²) in [5.41, 5.74) is 2.71. The lowest BCUT2D eigenvalue weighted by atomic mass is 10.2. The van der Waals surface area contributed by atoms with Crippen LogP contribution in [-0.4, -0.2) is 6.54 Å². The second-order valence-corrected chi connectivity index (χ2v) is 6.70. The molecule has 0 aliphatic carbocycles. The zero-order chi connectivity index (χ0) is 14.2. The van der Waals surface area contributed by atoms with Gasteiger partial charge in [-0.3, -0.25) is 0 Å². The Balaban J connectivity index is 1.82. The molecule has 0 aliphatic heterocycles. The van der Waals surface area contributed by atoms with E-state index in [1.54, 1.807) is 0 Å². The lowest BCUT2D eigenvalue weighted by molar-refractivity contribution is 0.675. The molecule has 0 aliphatic rings. The molecule has 0 saturated carbocycles. The Morgan fingerprint density at radius 3 is 2.25 bits per heavy atom. The summed E-state index contributed by atoms with van der Waals surface area (Å²) in [6.45, 7) is 4.24. The average molecular weight is 350 g/mol. The summed E-state index contributed by atoms with van der Waals surface area (Å²) in [5.74, 6) is 1.01. The summed E-state index contributed by atoms with van der Waals surface area (Å²) in [5, 5.41) is 3.42. The van der Waals surface area contributed by atoms with E-state index in [2.05, 4.69) is 76.7 Å². The molecular formula is C17H20BrNS. The smallest absolute Gasteiger partial charge is 0.0232 e. The molecule has 0 radical (unpaired) electrons. The molecule has 0 unspecified atom stereocenters. The van der Waals surface area contributed by atoms with Crippen LogP contribution in [-0.2, 0) is 12.3 Å². The van der Waals surface area contributed by atoms with Gasteiger partial charge in [0.15, 0.2) is 0 Å². The van der Waals surface area contributed by atoms with Gasteiger partial charge < -0.3 is 5.32 Å². The van der Waals surface area contributed by atoms with E-state index in [4.69, 9.17) is 0 Å². The van der Waals surface area contributed by atoms with E-state index >= 15 is 0 Å². The third kappa shape index (κ3) is 5.31. The number of rotatable bonds is 7. The fraction of sp³-hybridized carbons (Fsp3) is 0.294. The van der Waals surface area contributed by atoms with E-state index in [0.29, 0.717) is 0 Å². The van der Waals surface area contributed by atoms with Crippen molar-refractivity contribution in [1.82, 2.24) is 5.32 Å². The molecule has 106 valence electrons. The highest BCUT2D eigenvalue weighted by Gasteiger charge is 1.98. The fourth-order valence-electron chi connectivity index (χ4n) is 1.86. The van der Waals surface area contributed by atoms with Crippen LogP contribution in [0.5, 0.6) is 0 Å². The highest BCUT2D eigenvalue weighted by atomic mass is 79.9. The van der Waals surface area contributed by atoms with E-state index < -0.39 is 0 Å². The van der Waals surface area contributed by atoms with Gasteiger partial charge in [-0.1, -0.05) is 47.1 Å². The van der Waals surface area contributed by atoms with Gasteiger partial charge in [-0.2, -0.15) is 0 Å². The number of nitrogens with one attached hydrogen (secondary N) is 1. The van der Waals surface area contributed by atoms with Gasteiger partial charge in [0.1, 0.15) is 0 Å². The van der Waals surface area contributed by atoms with Gasteiger partial charge in [0.25, 0.3) is 0 Å². The summed E-state index contributed by atoms with van der Waals surface area (Å²) < 4.78 is 1.13. The van der Waals surface area contributed by atoms with Crippen molar-refractivity contribution in [3.8, 4) is 0 Å². The van der Waals surface area contributed by atoms with Crippen LogP contribution in [0.4, 0.5) is 0 Å². The maximum Gasteiger partial charge on any atom is 0.0232 e. The normalized spacial score (nSPS) is 10.7. The molecule has 0 bridgehead atoms. The zero-order valence-corrected chi connectivity index (χ0v) is 14.1. The lowest BCUT2D eigenvalue weighted by Gasteiger charge is -2.06. The van der Waals surface area contributed by atoms with Crippen molar-refractivity contribution in [3.05, 3.63) is 64.1 Å². The Bertz CT molecular complexity index is 508. The minimum absolute atomic E-state index is 0.964. The number of halogens is 1. The Morgan fingerprint density at radius 1 is 0.950 bits per heavy atom. The summed E-state index contributed by atoms with van der Waals surface area (Å²) in [6, 6.07) is 17.4. The molecule has 20 heavy (non-hydrogen) atoms. The van der Waals surface area contributed by atoms with Crippen molar-refractivity contribution in [1.29, 1.82) is 0 Å². The van der Waals surface area contributed by atoms with Crippen LogP contribution < -0.4 is 5.32 Å². The zero-order valence-electron chi connectivity index (χ0n) is 11.7. The summed E-state index contributed by atoms with van der Waals surface area (Å²) in [6.07, 6.45) is 1.18. The van der Waals surface area contributed by atoms with Gasteiger partial charge >= 0.3 is 0 Å². The van der Waals surface area contributed by atoms with E-state index in [-0.39, 0.29) is 0 Å². The first-order valence-corrected chi connectivity index (χ1v) is 8.72. The Morgan fingerprint density at radius 2 is 1.60 bits per heavy atom. The molecule has 1 nitrogen and oxygen atoms in total. The molecule has 0 amide bonds. The monoisotopic (exact) mass is 349 g/mol. The second kappa shape index (κ2) is 8.50. The van der Waals surface area contributed by atoms with E-state index in [9.17, 15) is 0 Å². The van der Waals surface area contributed by atoms with Crippen LogP contribution in [0.15, 0.2) is 57.9 Å². The van der Waals surface area contributed by atoms with Gasteiger partial charge in [-0.15, -0.1) is 11.8 Å². The van der Waals surface area contributed by atoms with Gasteiger partial charge in [0.05, 0.1) is 0 Å². The third-order valence-corrected chi connectivity index (χ3v) is 4.61. The fourth-order valence-corrected chi connectivity index (χ4v) is 2.98. The van der Waals surface area contributed by atoms with Crippen LogP contribution in [0.3, 0.4) is 0 Å². The van der Waals surface area contributed by atoms with Crippen molar-refractivity contribution in [3.63, 3.8) is 0 Å². The Hall–Kier alpha value is -0.770. The van der Waals surface area contributed by atoms with Crippen LogP contribution in [0.25, 0.3) is 0 Å². The number of hydrogen-bond donors (Lipinski definition) is 1. The molecule has 0 heterocycles. The van der Waals surface area contributed by atoms with E-state index in [1.807, 2.05) is 11.8 Å². The molecule has 0 fully saturated rings. The second-order valence-electron chi connectivity index (χ2n) is 4.74. The minimum atomic E-state index is 0.964. The lowest BCUT2D eigenvalue weighted by Crippen LogP contribution is -2.13. The van der Waals surface area contributed by atoms with Crippen molar-refractivity contribution in [2.45, 2.75) is 30.5 Å². The topological polar surface area (TPSA) is 12.0 Å².